The lowest BCUT2D eigenvalue weighted by Gasteiger charge is -2.09. The van der Waals surface area contributed by atoms with E-state index < -0.39 is 18.1 Å². The van der Waals surface area contributed by atoms with Crippen molar-refractivity contribution in [2.75, 3.05) is 0 Å². The molecule has 1 atom stereocenters. The van der Waals surface area contributed by atoms with E-state index in [2.05, 4.69) is 0 Å². The van der Waals surface area contributed by atoms with Crippen LogP contribution in [0.4, 0.5) is 0 Å². The molecule has 0 aliphatic carbocycles. The van der Waals surface area contributed by atoms with Crippen LogP contribution in [0.2, 0.25) is 0 Å². The Labute approximate surface area is 47.0 Å². The van der Waals surface area contributed by atoms with E-state index in [-0.39, 0.29) is 0 Å². The van der Waals surface area contributed by atoms with Crippen LogP contribution in [0.5, 0.6) is 0 Å². The van der Waals surface area contributed by atoms with Crippen molar-refractivity contribution in [2.45, 2.75) is 12.2 Å². The molecule has 5 heteroatoms. The van der Waals surface area contributed by atoms with Gasteiger partial charge in [-0.25, -0.2) is 0 Å². The summed E-state index contributed by atoms with van der Waals surface area (Å²) >= 11 is 0. The third-order valence-corrected chi connectivity index (χ3v) is 0.743. The topological polar surface area (TPSA) is 121 Å². The van der Waals surface area contributed by atoms with Crippen LogP contribution >= 0.6 is 0 Å². The van der Waals surface area contributed by atoms with Crippen LogP contribution in [0.1, 0.15) is 0 Å². The first kappa shape index (κ1) is 7.35. The zero-order valence-electron chi connectivity index (χ0n) is 4.37. The molecular weight excluding hydrogens is 108 g/mol. The summed E-state index contributed by atoms with van der Waals surface area (Å²) in [6.07, 6.45) is -0.854. The molecule has 0 saturated carbocycles. The molecule has 0 aliphatic heterocycles. The lowest BCUT2D eigenvalue weighted by molar-refractivity contribution is -0.119. The van der Waals surface area contributed by atoms with Gasteiger partial charge in [-0.2, -0.15) is 0 Å². The lowest BCUT2D eigenvalue weighted by atomic mass is 10.2. The fourth-order valence-corrected chi connectivity index (χ4v) is 0.190. The molecule has 8 heavy (non-hydrogen) atoms. The van der Waals surface area contributed by atoms with Gasteiger partial charge in [0.25, 0.3) is 0 Å². The number of primary amides is 1. The van der Waals surface area contributed by atoms with Gasteiger partial charge in [0.2, 0.25) is 5.91 Å². The number of hydrogen-bond acceptors (Lipinski definition) is 4. The summed E-state index contributed by atoms with van der Waals surface area (Å²) < 4.78 is 0. The van der Waals surface area contributed by atoms with Gasteiger partial charge >= 0.3 is 0 Å². The van der Waals surface area contributed by atoms with Crippen LogP contribution < -0.4 is 22.9 Å². The average Bonchev–Trinajstić information content (AvgIpc) is 1.64. The molecule has 5 nitrogen and oxygen atoms in total. The Kier molecular flexibility index (Phi) is 2.40. The highest BCUT2D eigenvalue weighted by Gasteiger charge is 2.13. The van der Waals surface area contributed by atoms with E-state index in [4.69, 9.17) is 22.9 Å². The molecule has 0 radical (unpaired) electrons. The van der Waals surface area contributed by atoms with Gasteiger partial charge in [0.15, 0.2) is 0 Å². The summed E-state index contributed by atoms with van der Waals surface area (Å²) in [5.74, 6) is -0.681. The lowest BCUT2D eigenvalue weighted by Crippen LogP contribution is -2.54. The van der Waals surface area contributed by atoms with Crippen LogP contribution in [-0.2, 0) is 4.79 Å². The van der Waals surface area contributed by atoms with Gasteiger partial charge in [-0.15, -0.1) is 0 Å². The fraction of sp³-hybridized carbons (Fsp3) is 0.667. The molecule has 1 unspecified atom stereocenters. The third kappa shape index (κ3) is 1.87. The van der Waals surface area contributed by atoms with Gasteiger partial charge in [0.05, 0.1) is 6.17 Å². The summed E-state index contributed by atoms with van der Waals surface area (Å²) in [6, 6.07) is -0.935. The Morgan fingerprint density at radius 2 is 1.62 bits per heavy atom. The van der Waals surface area contributed by atoms with Gasteiger partial charge in [-0.1, -0.05) is 0 Å². The van der Waals surface area contributed by atoms with Crippen LogP contribution in [0.25, 0.3) is 0 Å². The summed E-state index contributed by atoms with van der Waals surface area (Å²) in [5, 5.41) is 0. The molecule has 0 aromatic heterocycles. The van der Waals surface area contributed by atoms with E-state index in [1.165, 1.54) is 0 Å². The van der Waals surface area contributed by atoms with E-state index in [0.717, 1.165) is 0 Å². The van der Waals surface area contributed by atoms with E-state index in [1.807, 2.05) is 0 Å². The molecule has 0 rings (SSSR count). The highest BCUT2D eigenvalue weighted by molar-refractivity contribution is 5.80. The number of carbonyl (C=O) groups excluding carboxylic acids is 1. The Hall–Kier alpha value is -0.650. The monoisotopic (exact) mass is 118 g/mol. The number of carbonyl (C=O) groups is 1. The van der Waals surface area contributed by atoms with Gasteiger partial charge in [0, 0.05) is 0 Å². The second-order valence-electron chi connectivity index (χ2n) is 1.51. The standard InChI is InChI=1S/C3H10N4O/c4-1(2(5)6)3(7)8/h1-2H,4-6H2,(H2,7,8). The van der Waals surface area contributed by atoms with Crippen molar-refractivity contribution in [3.63, 3.8) is 0 Å². The first-order valence-corrected chi connectivity index (χ1v) is 2.11. The highest BCUT2D eigenvalue weighted by Crippen LogP contribution is 1.73. The van der Waals surface area contributed by atoms with E-state index in [9.17, 15) is 4.79 Å². The predicted octanol–water partition coefficient (Wildman–Crippen LogP) is -2.96. The number of rotatable bonds is 2. The van der Waals surface area contributed by atoms with Crippen LogP contribution in [0.3, 0.4) is 0 Å². The number of amides is 1. The molecule has 8 N–H and O–H groups in total. The van der Waals surface area contributed by atoms with Crippen LogP contribution in [0, 0.1) is 0 Å². The second-order valence-corrected chi connectivity index (χ2v) is 1.51. The summed E-state index contributed by atoms with van der Waals surface area (Å²) in [7, 11) is 0. The van der Waals surface area contributed by atoms with E-state index >= 15 is 0 Å². The highest BCUT2D eigenvalue weighted by atomic mass is 16.1. The summed E-state index contributed by atoms with van der Waals surface area (Å²) in [5.41, 5.74) is 19.7. The SMILES string of the molecule is NC(=O)C(N)C(N)N. The molecule has 0 aromatic rings. The van der Waals surface area contributed by atoms with Gasteiger partial charge < -0.3 is 22.9 Å². The van der Waals surface area contributed by atoms with Crippen LogP contribution in [-0.4, -0.2) is 18.1 Å². The molecule has 0 saturated heterocycles. The minimum atomic E-state index is -0.935. The molecular formula is C3H10N4O. The Morgan fingerprint density at radius 1 is 1.25 bits per heavy atom. The van der Waals surface area contributed by atoms with Crippen LogP contribution in [0.15, 0.2) is 0 Å². The van der Waals surface area contributed by atoms with E-state index in [1.54, 1.807) is 0 Å². The smallest absolute Gasteiger partial charge is 0.237 e. The summed E-state index contributed by atoms with van der Waals surface area (Å²) in [4.78, 5) is 10.1. The maximum absolute atomic E-state index is 10.1. The second kappa shape index (κ2) is 2.61. The Balaban J connectivity index is 3.64. The van der Waals surface area contributed by atoms with Gasteiger partial charge in [-0.05, 0) is 0 Å². The summed E-state index contributed by atoms with van der Waals surface area (Å²) in [6.45, 7) is 0. The zero-order chi connectivity index (χ0) is 6.73. The molecule has 0 heterocycles. The van der Waals surface area contributed by atoms with E-state index in [0.29, 0.717) is 0 Å². The molecule has 48 valence electrons. The minimum Gasteiger partial charge on any atom is -0.368 e. The Morgan fingerprint density at radius 3 is 1.62 bits per heavy atom. The van der Waals surface area contributed by atoms with Crippen molar-refractivity contribution in [3.8, 4) is 0 Å². The first-order valence-electron chi connectivity index (χ1n) is 2.11. The number of hydrogen-bond donors (Lipinski definition) is 4. The maximum Gasteiger partial charge on any atom is 0.237 e. The average molecular weight is 118 g/mol. The molecule has 0 spiro atoms. The molecule has 0 fully saturated rings. The zero-order valence-corrected chi connectivity index (χ0v) is 4.37. The maximum atomic E-state index is 10.1. The van der Waals surface area contributed by atoms with Crippen molar-refractivity contribution in [1.29, 1.82) is 0 Å². The van der Waals surface area contributed by atoms with Gasteiger partial charge in [0.1, 0.15) is 6.04 Å². The van der Waals surface area contributed by atoms with Crippen molar-refractivity contribution in [1.82, 2.24) is 0 Å². The minimum absolute atomic E-state index is 0.681. The Bertz CT molecular complexity index is 91.3. The molecule has 0 bridgehead atoms. The van der Waals surface area contributed by atoms with Crippen molar-refractivity contribution in [2.24, 2.45) is 22.9 Å². The fourth-order valence-electron chi connectivity index (χ4n) is 0.190. The predicted molar refractivity (Wildman–Crippen MR) is 29.3 cm³/mol. The molecule has 1 amide bonds. The van der Waals surface area contributed by atoms with Crippen molar-refractivity contribution < 1.29 is 4.79 Å². The van der Waals surface area contributed by atoms with Gasteiger partial charge in [-0.3, -0.25) is 4.79 Å². The number of nitrogens with two attached hydrogens (primary N) is 4. The largest absolute Gasteiger partial charge is 0.368 e. The van der Waals surface area contributed by atoms with Crippen molar-refractivity contribution >= 4 is 5.91 Å². The molecule has 0 aliphatic rings. The molecule has 0 aromatic carbocycles. The van der Waals surface area contributed by atoms with Crippen molar-refractivity contribution in [3.05, 3.63) is 0 Å². The quantitative estimate of drug-likeness (QED) is 0.289. The third-order valence-electron chi connectivity index (χ3n) is 0.743. The normalized spacial score (nSPS) is 14.0. The first-order chi connectivity index (χ1) is 3.55.